The molecule has 2 N–H and O–H groups in total. The first-order valence-electron chi connectivity index (χ1n) is 4.88. The van der Waals surface area contributed by atoms with Crippen LogP contribution in [0.3, 0.4) is 0 Å². The molecule has 1 aromatic rings. The number of amides is 2. The Morgan fingerprint density at radius 3 is 2.76 bits per heavy atom. The lowest BCUT2D eigenvalue weighted by Crippen LogP contribution is -2.43. The van der Waals surface area contributed by atoms with Crippen LogP contribution in [-0.2, 0) is 4.74 Å². The minimum absolute atomic E-state index is 0.147. The number of carboxylic acids is 1. The quantitative estimate of drug-likeness (QED) is 0.779. The van der Waals surface area contributed by atoms with E-state index in [0.717, 1.165) is 11.5 Å². The van der Waals surface area contributed by atoms with Crippen LogP contribution >= 0.6 is 11.5 Å². The van der Waals surface area contributed by atoms with E-state index in [2.05, 4.69) is 14.9 Å². The zero-order valence-corrected chi connectivity index (χ0v) is 9.57. The van der Waals surface area contributed by atoms with E-state index >= 15 is 0 Å². The van der Waals surface area contributed by atoms with Gasteiger partial charge in [-0.1, -0.05) is 4.49 Å². The van der Waals surface area contributed by atoms with Crippen molar-refractivity contribution in [2.75, 3.05) is 31.6 Å². The molecule has 0 spiro atoms. The second-order valence-corrected chi connectivity index (χ2v) is 4.04. The van der Waals surface area contributed by atoms with Crippen LogP contribution < -0.4 is 5.32 Å². The van der Waals surface area contributed by atoms with E-state index in [0.29, 0.717) is 26.3 Å². The van der Waals surface area contributed by atoms with Crippen molar-refractivity contribution in [1.29, 1.82) is 0 Å². The molecule has 1 saturated heterocycles. The van der Waals surface area contributed by atoms with Gasteiger partial charge in [-0.2, -0.15) is 0 Å². The summed E-state index contributed by atoms with van der Waals surface area (Å²) in [6, 6.07) is -0.359. The zero-order chi connectivity index (χ0) is 12.3. The molecule has 9 heteroatoms. The summed E-state index contributed by atoms with van der Waals surface area (Å²) < 4.78 is 8.60. The molecule has 0 aromatic carbocycles. The summed E-state index contributed by atoms with van der Waals surface area (Å²) in [4.78, 5) is 24.1. The average molecular weight is 258 g/mol. The first kappa shape index (κ1) is 11.7. The van der Waals surface area contributed by atoms with Gasteiger partial charge in [-0.05, 0) is 0 Å². The number of rotatable bonds is 2. The number of aromatic nitrogens is 2. The highest BCUT2D eigenvalue weighted by atomic mass is 32.1. The molecule has 0 aliphatic carbocycles. The Balaban J connectivity index is 2.02. The summed E-state index contributed by atoms with van der Waals surface area (Å²) in [6.07, 6.45) is 0. The predicted octanol–water partition coefficient (Wildman–Crippen LogP) is 0.100. The molecule has 0 saturated carbocycles. The molecular weight excluding hydrogens is 248 g/mol. The number of carbonyl (C=O) groups excluding carboxylic acids is 1. The van der Waals surface area contributed by atoms with Crippen LogP contribution in [0.4, 0.5) is 9.80 Å². The molecule has 0 radical (unpaired) electrons. The lowest BCUT2D eigenvalue weighted by Gasteiger charge is -2.26. The Bertz CT molecular complexity index is 429. The van der Waals surface area contributed by atoms with Crippen LogP contribution in [0, 0.1) is 0 Å². The Kier molecular flexibility index (Phi) is 3.49. The normalized spacial score (nSPS) is 15.6. The van der Waals surface area contributed by atoms with Crippen molar-refractivity contribution in [1.82, 2.24) is 14.5 Å². The molecule has 1 aliphatic heterocycles. The maximum absolute atomic E-state index is 11.8. The van der Waals surface area contributed by atoms with Gasteiger partial charge in [0.2, 0.25) is 5.69 Å². The van der Waals surface area contributed by atoms with E-state index in [1.807, 2.05) is 0 Å². The monoisotopic (exact) mass is 258 g/mol. The highest BCUT2D eigenvalue weighted by molar-refractivity contribution is 7.10. The van der Waals surface area contributed by atoms with Crippen molar-refractivity contribution in [3.8, 4) is 0 Å². The molecule has 2 amide bonds. The number of hydrogen-bond acceptors (Lipinski definition) is 6. The molecule has 92 valence electrons. The standard InChI is InChI=1S/C8H10N4O4S/c13-7(14)5-6(17-11-10-5)9-8(15)12-1-3-16-4-2-12/h1-4H2,(H,9,15)(H,13,14). The van der Waals surface area contributed by atoms with Gasteiger partial charge in [-0.3, -0.25) is 5.32 Å². The van der Waals surface area contributed by atoms with E-state index in [1.54, 1.807) is 4.90 Å². The Morgan fingerprint density at radius 2 is 2.12 bits per heavy atom. The van der Waals surface area contributed by atoms with Crippen molar-refractivity contribution in [3.05, 3.63) is 5.69 Å². The van der Waals surface area contributed by atoms with Crippen molar-refractivity contribution in [2.24, 2.45) is 0 Å². The number of carboxylic acid groups (broad SMARTS) is 1. The lowest BCUT2D eigenvalue weighted by molar-refractivity contribution is 0.0564. The van der Waals surface area contributed by atoms with Crippen LogP contribution in [0.25, 0.3) is 0 Å². The maximum Gasteiger partial charge on any atom is 0.359 e. The van der Waals surface area contributed by atoms with E-state index in [1.165, 1.54) is 0 Å². The molecule has 8 nitrogen and oxygen atoms in total. The number of nitrogens with zero attached hydrogens (tertiary/aromatic N) is 3. The molecule has 17 heavy (non-hydrogen) atoms. The van der Waals surface area contributed by atoms with Gasteiger partial charge in [0.05, 0.1) is 13.2 Å². The Labute approximate surface area is 100 Å². The minimum Gasteiger partial charge on any atom is -0.476 e. The molecule has 1 aliphatic rings. The van der Waals surface area contributed by atoms with E-state index < -0.39 is 5.97 Å². The van der Waals surface area contributed by atoms with E-state index in [-0.39, 0.29) is 16.7 Å². The van der Waals surface area contributed by atoms with Crippen LogP contribution in [0.2, 0.25) is 0 Å². The zero-order valence-electron chi connectivity index (χ0n) is 8.75. The SMILES string of the molecule is O=C(O)c1nnsc1NC(=O)N1CCOCC1. The first-order valence-corrected chi connectivity index (χ1v) is 5.65. The molecule has 0 unspecified atom stereocenters. The molecule has 1 fully saturated rings. The number of anilines is 1. The summed E-state index contributed by atoms with van der Waals surface area (Å²) in [5, 5.41) is 14.9. The largest absolute Gasteiger partial charge is 0.476 e. The van der Waals surface area contributed by atoms with Gasteiger partial charge >= 0.3 is 12.0 Å². The summed E-state index contributed by atoms with van der Waals surface area (Å²) >= 11 is 0.838. The van der Waals surface area contributed by atoms with Crippen LogP contribution in [0.5, 0.6) is 0 Å². The van der Waals surface area contributed by atoms with Gasteiger partial charge in [0.25, 0.3) is 0 Å². The van der Waals surface area contributed by atoms with Gasteiger partial charge in [0.1, 0.15) is 0 Å². The third-order valence-corrected chi connectivity index (χ3v) is 2.85. The summed E-state index contributed by atoms with van der Waals surface area (Å²) in [6.45, 7) is 1.95. The summed E-state index contributed by atoms with van der Waals surface area (Å²) in [7, 11) is 0. The van der Waals surface area contributed by atoms with Gasteiger partial charge < -0.3 is 14.7 Å². The number of aromatic carboxylic acids is 1. The summed E-state index contributed by atoms with van der Waals surface area (Å²) in [5.74, 6) is -1.21. The van der Waals surface area contributed by atoms with Crippen LogP contribution in [0.15, 0.2) is 0 Å². The van der Waals surface area contributed by atoms with Gasteiger partial charge in [-0.15, -0.1) is 5.10 Å². The molecule has 2 heterocycles. The second kappa shape index (κ2) is 5.06. The fourth-order valence-electron chi connectivity index (χ4n) is 1.36. The smallest absolute Gasteiger partial charge is 0.359 e. The van der Waals surface area contributed by atoms with Gasteiger partial charge in [0.15, 0.2) is 5.00 Å². The molecular formula is C8H10N4O4S. The number of hydrogen-bond donors (Lipinski definition) is 2. The molecule has 0 bridgehead atoms. The topological polar surface area (TPSA) is 105 Å². The minimum atomic E-state index is -1.21. The molecule has 2 rings (SSSR count). The predicted molar refractivity (Wildman–Crippen MR) is 58.3 cm³/mol. The highest BCUT2D eigenvalue weighted by Crippen LogP contribution is 2.18. The van der Waals surface area contributed by atoms with E-state index in [4.69, 9.17) is 9.84 Å². The van der Waals surface area contributed by atoms with Crippen molar-refractivity contribution < 1.29 is 19.4 Å². The number of ether oxygens (including phenoxy) is 1. The fraction of sp³-hybridized carbons (Fsp3) is 0.500. The van der Waals surface area contributed by atoms with Gasteiger partial charge in [-0.25, -0.2) is 9.59 Å². The lowest BCUT2D eigenvalue weighted by atomic mass is 10.4. The Morgan fingerprint density at radius 1 is 1.41 bits per heavy atom. The van der Waals surface area contributed by atoms with E-state index in [9.17, 15) is 9.59 Å². The fourth-order valence-corrected chi connectivity index (χ4v) is 1.91. The average Bonchev–Trinajstić information content (AvgIpc) is 2.78. The maximum atomic E-state index is 11.8. The number of morpholine rings is 1. The van der Waals surface area contributed by atoms with Crippen LogP contribution in [-0.4, -0.2) is 57.9 Å². The number of nitrogens with one attached hydrogen (secondary N) is 1. The van der Waals surface area contributed by atoms with Crippen molar-refractivity contribution >= 4 is 28.5 Å². The van der Waals surface area contributed by atoms with Crippen molar-refractivity contribution in [2.45, 2.75) is 0 Å². The number of carbonyl (C=O) groups is 2. The molecule has 0 atom stereocenters. The highest BCUT2D eigenvalue weighted by Gasteiger charge is 2.21. The third-order valence-electron chi connectivity index (χ3n) is 2.21. The molecule has 1 aromatic heterocycles. The van der Waals surface area contributed by atoms with Crippen LogP contribution in [0.1, 0.15) is 10.5 Å². The Hall–Kier alpha value is -1.74. The first-order chi connectivity index (χ1) is 8.18. The van der Waals surface area contributed by atoms with Gasteiger partial charge in [0, 0.05) is 24.6 Å². The summed E-state index contributed by atoms with van der Waals surface area (Å²) in [5.41, 5.74) is -0.239. The number of urea groups is 1. The second-order valence-electron chi connectivity index (χ2n) is 3.29. The third kappa shape index (κ3) is 2.68. The van der Waals surface area contributed by atoms with Crippen molar-refractivity contribution in [3.63, 3.8) is 0 Å².